The van der Waals surface area contributed by atoms with Crippen LogP contribution in [0.15, 0.2) is 54.6 Å². The van der Waals surface area contributed by atoms with Crippen LogP contribution < -0.4 is 0 Å². The third kappa shape index (κ3) is 20.2. The van der Waals surface area contributed by atoms with Crippen LogP contribution in [-0.4, -0.2) is 22.2 Å². The normalized spacial score (nSPS) is 10.8. The molecule has 0 aliphatic rings. The Morgan fingerprint density at radius 3 is 1.83 bits per heavy atom. The van der Waals surface area contributed by atoms with E-state index in [0.717, 1.165) is 25.7 Å². The Morgan fingerprint density at radius 1 is 0.759 bits per heavy atom. The Kier molecular flexibility index (Phi) is 18.7. The molecule has 0 aliphatic carbocycles. The third-order valence-electron chi connectivity index (χ3n) is 4.36. The summed E-state index contributed by atoms with van der Waals surface area (Å²) >= 11 is 0. The average molecular weight is 403 g/mol. The zero-order chi connectivity index (χ0) is 21.6. The number of aromatic carboxylic acids is 1. The fraction of sp³-hybridized carbons (Fsp3) is 0.520. The molecule has 0 radical (unpaired) electrons. The van der Waals surface area contributed by atoms with Crippen molar-refractivity contribution in [3.8, 4) is 0 Å². The van der Waals surface area contributed by atoms with Gasteiger partial charge in [0.25, 0.3) is 0 Å². The van der Waals surface area contributed by atoms with Crippen molar-refractivity contribution in [3.05, 3.63) is 60.2 Å². The third-order valence-corrected chi connectivity index (χ3v) is 4.36. The number of carboxylic acids is 2. The Hall–Kier alpha value is -2.36. The predicted molar refractivity (Wildman–Crippen MR) is 120 cm³/mol. The first-order valence-electron chi connectivity index (χ1n) is 10.9. The van der Waals surface area contributed by atoms with E-state index in [1.165, 1.54) is 44.9 Å². The van der Waals surface area contributed by atoms with Crippen molar-refractivity contribution >= 4 is 11.9 Å². The Morgan fingerprint density at radius 2 is 1.31 bits per heavy atom. The van der Waals surface area contributed by atoms with Gasteiger partial charge in [0, 0.05) is 6.42 Å². The summed E-state index contributed by atoms with van der Waals surface area (Å²) in [5.41, 5.74) is 0.331. The molecular weight excluding hydrogens is 364 g/mol. The molecule has 1 aromatic carbocycles. The average Bonchev–Trinajstić information content (AvgIpc) is 2.72. The monoisotopic (exact) mass is 402 g/mol. The number of hydrogen-bond donors (Lipinski definition) is 2. The maximum atomic E-state index is 10.3. The van der Waals surface area contributed by atoms with Gasteiger partial charge < -0.3 is 10.2 Å². The van der Waals surface area contributed by atoms with Gasteiger partial charge in [-0.05, 0) is 50.7 Å². The lowest BCUT2D eigenvalue weighted by atomic mass is 10.1. The van der Waals surface area contributed by atoms with Gasteiger partial charge in [-0.3, -0.25) is 4.79 Å². The van der Waals surface area contributed by atoms with Crippen LogP contribution in [0.1, 0.15) is 94.3 Å². The van der Waals surface area contributed by atoms with Gasteiger partial charge in [0.15, 0.2) is 0 Å². The first-order chi connectivity index (χ1) is 14.1. The van der Waals surface area contributed by atoms with E-state index in [0.29, 0.717) is 12.0 Å². The SMILES string of the molecule is CCCCC/C=C\C/C=C\CCCCCCCC(=O)O.O=C(O)c1ccccc1. The molecule has 0 spiro atoms. The molecule has 4 nitrogen and oxygen atoms in total. The van der Waals surface area contributed by atoms with Crippen molar-refractivity contribution in [3.63, 3.8) is 0 Å². The van der Waals surface area contributed by atoms with Crippen LogP contribution in [0.25, 0.3) is 0 Å². The van der Waals surface area contributed by atoms with Crippen molar-refractivity contribution in [1.82, 2.24) is 0 Å². The van der Waals surface area contributed by atoms with E-state index in [2.05, 4.69) is 31.2 Å². The summed E-state index contributed by atoms with van der Waals surface area (Å²) in [6, 6.07) is 8.30. The first-order valence-corrected chi connectivity index (χ1v) is 10.9. The highest BCUT2D eigenvalue weighted by molar-refractivity contribution is 5.87. The minimum atomic E-state index is -0.879. The molecule has 0 aliphatic heterocycles. The maximum absolute atomic E-state index is 10.3. The summed E-state index contributed by atoms with van der Waals surface area (Å²) in [5.74, 6) is -1.55. The van der Waals surface area contributed by atoms with Crippen LogP contribution in [0.5, 0.6) is 0 Å². The quantitative estimate of drug-likeness (QED) is 0.239. The van der Waals surface area contributed by atoms with E-state index < -0.39 is 11.9 Å². The second-order valence-corrected chi connectivity index (χ2v) is 7.05. The molecule has 29 heavy (non-hydrogen) atoms. The number of unbranched alkanes of at least 4 members (excludes halogenated alkanes) is 8. The van der Waals surface area contributed by atoms with Crippen LogP contribution >= 0.6 is 0 Å². The van der Waals surface area contributed by atoms with Crippen LogP contribution in [-0.2, 0) is 4.79 Å². The lowest BCUT2D eigenvalue weighted by Crippen LogP contribution is -1.93. The zero-order valence-electron chi connectivity index (χ0n) is 17.9. The van der Waals surface area contributed by atoms with Crippen molar-refractivity contribution in [2.45, 2.75) is 84.0 Å². The molecule has 0 saturated heterocycles. The molecule has 0 saturated carbocycles. The molecular formula is C25H38O4. The Labute approximate surface area is 176 Å². The van der Waals surface area contributed by atoms with Crippen LogP contribution in [0.3, 0.4) is 0 Å². The van der Waals surface area contributed by atoms with Gasteiger partial charge in [-0.25, -0.2) is 4.79 Å². The minimum Gasteiger partial charge on any atom is -0.481 e. The summed E-state index contributed by atoms with van der Waals surface area (Å²) in [6.07, 6.45) is 22.3. The van der Waals surface area contributed by atoms with E-state index in [9.17, 15) is 9.59 Å². The molecule has 0 unspecified atom stereocenters. The maximum Gasteiger partial charge on any atom is 0.335 e. The van der Waals surface area contributed by atoms with E-state index in [1.54, 1.807) is 30.3 Å². The molecule has 0 heterocycles. The molecule has 2 N–H and O–H groups in total. The van der Waals surface area contributed by atoms with Crippen molar-refractivity contribution < 1.29 is 19.8 Å². The Balaban J connectivity index is 0.000000717. The molecule has 0 aromatic heterocycles. The van der Waals surface area contributed by atoms with Gasteiger partial charge in [0.05, 0.1) is 5.56 Å². The first kappa shape index (κ1) is 26.6. The second kappa shape index (κ2) is 20.4. The van der Waals surface area contributed by atoms with Crippen molar-refractivity contribution in [2.24, 2.45) is 0 Å². The highest BCUT2D eigenvalue weighted by atomic mass is 16.4. The van der Waals surface area contributed by atoms with Crippen molar-refractivity contribution in [1.29, 1.82) is 0 Å². The fourth-order valence-corrected chi connectivity index (χ4v) is 2.67. The number of carbonyl (C=O) groups is 2. The zero-order valence-corrected chi connectivity index (χ0v) is 17.9. The summed E-state index contributed by atoms with van der Waals surface area (Å²) < 4.78 is 0. The van der Waals surface area contributed by atoms with Crippen LogP contribution in [0.2, 0.25) is 0 Å². The highest BCUT2D eigenvalue weighted by Crippen LogP contribution is 2.08. The van der Waals surface area contributed by atoms with E-state index in [4.69, 9.17) is 10.2 Å². The largest absolute Gasteiger partial charge is 0.481 e. The smallest absolute Gasteiger partial charge is 0.335 e. The van der Waals surface area contributed by atoms with Crippen LogP contribution in [0, 0.1) is 0 Å². The summed E-state index contributed by atoms with van der Waals surface area (Å²) in [7, 11) is 0. The molecule has 4 heteroatoms. The highest BCUT2D eigenvalue weighted by Gasteiger charge is 1.97. The minimum absolute atomic E-state index is 0.324. The molecule has 1 aromatic rings. The molecule has 0 amide bonds. The molecule has 0 bridgehead atoms. The predicted octanol–water partition coefficient (Wildman–Crippen LogP) is 7.27. The van der Waals surface area contributed by atoms with Gasteiger partial charge in [-0.2, -0.15) is 0 Å². The topological polar surface area (TPSA) is 74.6 Å². The van der Waals surface area contributed by atoms with Gasteiger partial charge in [0.2, 0.25) is 0 Å². The van der Waals surface area contributed by atoms with Crippen molar-refractivity contribution in [2.75, 3.05) is 0 Å². The van der Waals surface area contributed by atoms with Gasteiger partial charge in [0.1, 0.15) is 0 Å². The number of benzene rings is 1. The fourth-order valence-electron chi connectivity index (χ4n) is 2.67. The Bertz CT molecular complexity index is 576. The number of rotatable bonds is 15. The van der Waals surface area contributed by atoms with E-state index >= 15 is 0 Å². The van der Waals surface area contributed by atoms with Gasteiger partial charge in [-0.15, -0.1) is 0 Å². The number of allylic oxidation sites excluding steroid dienone is 4. The van der Waals surface area contributed by atoms with Gasteiger partial charge >= 0.3 is 11.9 Å². The van der Waals surface area contributed by atoms with Gasteiger partial charge in [-0.1, -0.05) is 81.5 Å². The summed E-state index contributed by atoms with van der Waals surface area (Å²) in [4.78, 5) is 20.5. The molecule has 1 rings (SSSR count). The lowest BCUT2D eigenvalue weighted by Gasteiger charge is -1.98. The summed E-state index contributed by atoms with van der Waals surface area (Å²) in [5, 5.41) is 16.9. The van der Waals surface area contributed by atoms with E-state index in [-0.39, 0.29) is 0 Å². The number of hydrogen-bond acceptors (Lipinski definition) is 2. The van der Waals surface area contributed by atoms with Crippen LogP contribution in [0.4, 0.5) is 0 Å². The summed E-state index contributed by atoms with van der Waals surface area (Å²) in [6.45, 7) is 2.23. The number of aliphatic carboxylic acids is 1. The standard InChI is InChI=1S/C18H32O2.C7H6O2/c1-2-3-4-5-6-7-8-9-10-11-12-13-14-15-16-17-18(19)20;8-7(9)6-4-2-1-3-5-6/h6-7,9-10H,2-5,8,11-17H2,1H3,(H,19,20);1-5H,(H,8,9)/b7-6-,10-9-;. The molecule has 0 fully saturated rings. The van der Waals surface area contributed by atoms with E-state index in [1.807, 2.05) is 0 Å². The second-order valence-electron chi connectivity index (χ2n) is 7.05. The lowest BCUT2D eigenvalue weighted by molar-refractivity contribution is -0.137. The molecule has 162 valence electrons. The number of carboxylic acid groups (broad SMARTS) is 2. The molecule has 0 atom stereocenters.